The summed E-state index contributed by atoms with van der Waals surface area (Å²) in [7, 11) is 0. The molecule has 0 spiro atoms. The van der Waals surface area contributed by atoms with E-state index in [1.54, 1.807) is 0 Å². The highest BCUT2D eigenvalue weighted by Crippen LogP contribution is 2.45. The number of rotatable bonds is 1. The smallest absolute Gasteiger partial charge is 0.385 e. The molecule has 0 saturated heterocycles. The number of hydrogen-bond donors (Lipinski definition) is 1. The summed E-state index contributed by atoms with van der Waals surface area (Å²) in [5.74, 6) is 0. The van der Waals surface area contributed by atoms with Gasteiger partial charge in [-0.05, 0) is 43.6 Å². The predicted molar refractivity (Wildman–Crippen MR) is 70.0 cm³/mol. The molecule has 1 heterocycles. The first-order valence-corrected chi connectivity index (χ1v) is 6.88. The van der Waals surface area contributed by atoms with E-state index < -0.39 is 17.3 Å². The highest BCUT2D eigenvalue weighted by molar-refractivity contribution is 5.32. The second-order valence-electron chi connectivity index (χ2n) is 6.47. The molecule has 1 aromatic heterocycles. The number of nitrogens with zero attached hydrogens (tertiary/aromatic N) is 1. The molecule has 1 fully saturated rings. The van der Waals surface area contributed by atoms with E-state index in [0.717, 1.165) is 25.1 Å². The van der Waals surface area contributed by atoms with E-state index in [1.807, 2.05) is 0 Å². The average Bonchev–Trinajstić information content (AvgIpc) is 2.49. The molecule has 1 saturated carbocycles. The summed E-state index contributed by atoms with van der Waals surface area (Å²) in [5.41, 5.74) is -2.21. The molecule has 1 aliphatic rings. The van der Waals surface area contributed by atoms with Crippen molar-refractivity contribution in [3.05, 3.63) is 29.6 Å². The maximum Gasteiger partial charge on any atom is 0.416 e. The Bertz CT molecular complexity index is 484. The summed E-state index contributed by atoms with van der Waals surface area (Å²) in [5, 5.41) is 10.8. The van der Waals surface area contributed by atoms with Crippen molar-refractivity contribution < 1.29 is 18.3 Å². The minimum atomic E-state index is -4.46. The van der Waals surface area contributed by atoms with Crippen molar-refractivity contribution in [2.24, 2.45) is 5.41 Å². The van der Waals surface area contributed by atoms with E-state index in [2.05, 4.69) is 18.8 Å². The van der Waals surface area contributed by atoms with Gasteiger partial charge in [0.15, 0.2) is 0 Å². The largest absolute Gasteiger partial charge is 0.416 e. The number of pyridine rings is 1. The third-order valence-electron chi connectivity index (χ3n) is 4.29. The van der Waals surface area contributed by atoms with Crippen molar-refractivity contribution in [2.75, 3.05) is 0 Å². The molecule has 1 N–H and O–H groups in total. The molecule has 0 radical (unpaired) electrons. The number of aromatic nitrogens is 1. The first-order chi connectivity index (χ1) is 9.14. The normalized spacial score (nSPS) is 27.1. The molecule has 0 aliphatic heterocycles. The van der Waals surface area contributed by atoms with E-state index in [-0.39, 0.29) is 11.0 Å². The second-order valence-corrected chi connectivity index (χ2v) is 6.47. The molecule has 1 atom stereocenters. The van der Waals surface area contributed by atoms with Gasteiger partial charge in [0.1, 0.15) is 0 Å². The van der Waals surface area contributed by atoms with Crippen LogP contribution in [0, 0.1) is 5.41 Å². The van der Waals surface area contributed by atoms with Gasteiger partial charge in [-0.1, -0.05) is 13.8 Å². The van der Waals surface area contributed by atoms with Gasteiger partial charge in [0.2, 0.25) is 0 Å². The van der Waals surface area contributed by atoms with Crippen molar-refractivity contribution in [3.8, 4) is 0 Å². The standard InChI is InChI=1S/C15H20F3NO/c1-13(2)5-3-6-14(20,8-7-13)12-10-19-9-4-11(12)15(16,17)18/h4,9-10,20H,3,5-8H2,1-2H3. The Kier molecular flexibility index (Phi) is 3.84. The Morgan fingerprint density at radius 3 is 2.50 bits per heavy atom. The van der Waals surface area contributed by atoms with Gasteiger partial charge in [-0.25, -0.2) is 0 Å². The van der Waals surface area contributed by atoms with Crippen molar-refractivity contribution in [3.63, 3.8) is 0 Å². The molecular weight excluding hydrogens is 267 g/mol. The quantitative estimate of drug-likeness (QED) is 0.782. The number of aliphatic hydroxyl groups is 1. The van der Waals surface area contributed by atoms with Gasteiger partial charge < -0.3 is 5.11 Å². The summed E-state index contributed by atoms with van der Waals surface area (Å²) in [6, 6.07) is 0.948. The second kappa shape index (κ2) is 5.02. The lowest BCUT2D eigenvalue weighted by Crippen LogP contribution is -2.29. The SMILES string of the molecule is CC1(C)CCCC(O)(c2cnccc2C(F)(F)F)CC1. The van der Waals surface area contributed by atoms with Crippen LogP contribution in [0.3, 0.4) is 0 Å². The fourth-order valence-electron chi connectivity index (χ4n) is 2.94. The Hall–Kier alpha value is -1.10. The van der Waals surface area contributed by atoms with Crippen molar-refractivity contribution >= 4 is 0 Å². The van der Waals surface area contributed by atoms with Crippen LogP contribution < -0.4 is 0 Å². The van der Waals surface area contributed by atoms with Crippen LogP contribution in [0.1, 0.15) is 57.1 Å². The first-order valence-electron chi connectivity index (χ1n) is 6.88. The molecule has 112 valence electrons. The Balaban J connectivity index is 2.40. The van der Waals surface area contributed by atoms with Gasteiger partial charge in [-0.3, -0.25) is 4.98 Å². The molecule has 1 unspecified atom stereocenters. The summed E-state index contributed by atoms with van der Waals surface area (Å²) >= 11 is 0. The van der Waals surface area contributed by atoms with Crippen LogP contribution in [-0.2, 0) is 11.8 Å². The first kappa shape index (κ1) is 15.3. The summed E-state index contributed by atoms with van der Waals surface area (Å²) in [6.07, 6.45) is 0.857. The lowest BCUT2D eigenvalue weighted by atomic mass is 9.81. The van der Waals surface area contributed by atoms with E-state index in [4.69, 9.17) is 0 Å². The zero-order chi connectivity index (χ0) is 15.0. The molecule has 0 aromatic carbocycles. The highest BCUT2D eigenvalue weighted by atomic mass is 19.4. The number of hydrogen-bond acceptors (Lipinski definition) is 2. The molecule has 2 nitrogen and oxygen atoms in total. The Morgan fingerprint density at radius 1 is 1.15 bits per heavy atom. The molecule has 0 amide bonds. The Labute approximate surface area is 117 Å². The fraction of sp³-hybridized carbons (Fsp3) is 0.667. The summed E-state index contributed by atoms with van der Waals surface area (Å²) < 4.78 is 39.3. The van der Waals surface area contributed by atoms with Crippen LogP contribution in [0.2, 0.25) is 0 Å². The van der Waals surface area contributed by atoms with Crippen LogP contribution in [-0.4, -0.2) is 10.1 Å². The van der Waals surface area contributed by atoms with Crippen molar-refractivity contribution in [1.82, 2.24) is 4.98 Å². The van der Waals surface area contributed by atoms with Gasteiger partial charge >= 0.3 is 6.18 Å². The monoisotopic (exact) mass is 287 g/mol. The van der Waals surface area contributed by atoms with Crippen molar-refractivity contribution in [1.29, 1.82) is 0 Å². The van der Waals surface area contributed by atoms with Crippen LogP contribution in [0.25, 0.3) is 0 Å². The molecule has 2 rings (SSSR count). The summed E-state index contributed by atoms with van der Waals surface area (Å²) in [6.45, 7) is 4.18. The average molecular weight is 287 g/mol. The zero-order valence-electron chi connectivity index (χ0n) is 11.8. The van der Waals surface area contributed by atoms with Gasteiger partial charge in [0.25, 0.3) is 0 Å². The lowest BCUT2D eigenvalue weighted by Gasteiger charge is -2.30. The molecule has 5 heteroatoms. The van der Waals surface area contributed by atoms with Gasteiger partial charge in [-0.15, -0.1) is 0 Å². The molecule has 0 bridgehead atoms. The molecule has 1 aliphatic carbocycles. The molecular formula is C15H20F3NO. The minimum Gasteiger partial charge on any atom is -0.385 e. The number of halogens is 3. The third kappa shape index (κ3) is 3.14. The van der Waals surface area contributed by atoms with E-state index in [1.165, 1.54) is 6.20 Å². The van der Waals surface area contributed by atoms with Crippen LogP contribution in [0.15, 0.2) is 18.5 Å². The van der Waals surface area contributed by atoms with Crippen LogP contribution >= 0.6 is 0 Å². The van der Waals surface area contributed by atoms with Crippen LogP contribution in [0.5, 0.6) is 0 Å². The molecule has 1 aromatic rings. The third-order valence-corrected chi connectivity index (χ3v) is 4.29. The maximum atomic E-state index is 13.1. The van der Waals surface area contributed by atoms with Gasteiger partial charge in [0.05, 0.1) is 11.2 Å². The van der Waals surface area contributed by atoms with E-state index in [9.17, 15) is 18.3 Å². The fourth-order valence-corrected chi connectivity index (χ4v) is 2.94. The summed E-state index contributed by atoms with van der Waals surface area (Å²) in [4.78, 5) is 3.79. The zero-order valence-corrected chi connectivity index (χ0v) is 11.8. The van der Waals surface area contributed by atoms with E-state index in [0.29, 0.717) is 19.3 Å². The topological polar surface area (TPSA) is 33.1 Å². The molecule has 20 heavy (non-hydrogen) atoms. The van der Waals surface area contributed by atoms with Gasteiger partial charge in [-0.2, -0.15) is 13.2 Å². The van der Waals surface area contributed by atoms with Gasteiger partial charge in [0, 0.05) is 18.0 Å². The minimum absolute atomic E-state index is 0.0606. The maximum absolute atomic E-state index is 13.1. The predicted octanol–water partition coefficient (Wildman–Crippen LogP) is 4.28. The van der Waals surface area contributed by atoms with Crippen LogP contribution in [0.4, 0.5) is 13.2 Å². The highest BCUT2D eigenvalue weighted by Gasteiger charge is 2.42. The van der Waals surface area contributed by atoms with E-state index >= 15 is 0 Å². The lowest BCUT2D eigenvalue weighted by molar-refractivity contribution is -0.141. The van der Waals surface area contributed by atoms with Crippen molar-refractivity contribution in [2.45, 2.75) is 57.7 Å². The number of alkyl halides is 3. The Morgan fingerprint density at radius 2 is 1.85 bits per heavy atom.